The third-order valence-corrected chi connectivity index (χ3v) is 7.83. The number of methoxy groups -OCH3 is 1. The van der Waals surface area contributed by atoms with Crippen LogP contribution in [-0.2, 0) is 13.2 Å². The van der Waals surface area contributed by atoms with Gasteiger partial charge in [-0.1, -0.05) is 82.1 Å². The summed E-state index contributed by atoms with van der Waals surface area (Å²) in [5.41, 5.74) is 2.82. The molecule has 1 aliphatic heterocycles. The standard InChI is InChI=1S/C32H23BrClNO5/c1-38-27-15-20(11-13-26(27)39-18-19-7-3-2-4-8-19)29-28-30(36)23-16-22(33)12-14-25(23)40-31(28)32(37)35(29)17-21-9-5-6-10-24(21)34/h2-16,29H,17-18H2,1H3. The van der Waals surface area contributed by atoms with Gasteiger partial charge in [-0.05, 0) is 53.1 Å². The second-order valence-corrected chi connectivity index (χ2v) is 10.7. The van der Waals surface area contributed by atoms with Crippen LogP contribution in [0.3, 0.4) is 0 Å². The Morgan fingerprint density at radius 3 is 2.48 bits per heavy atom. The average molecular weight is 617 g/mol. The van der Waals surface area contributed by atoms with Gasteiger partial charge in [0.05, 0.1) is 24.1 Å². The van der Waals surface area contributed by atoms with E-state index in [1.165, 1.54) is 0 Å². The molecule has 0 spiro atoms. The van der Waals surface area contributed by atoms with Crippen molar-refractivity contribution in [2.45, 2.75) is 19.2 Å². The molecule has 6 rings (SSSR count). The molecule has 6 nitrogen and oxygen atoms in total. The van der Waals surface area contributed by atoms with Gasteiger partial charge in [0, 0.05) is 16.0 Å². The molecule has 0 aliphatic carbocycles. The zero-order chi connectivity index (χ0) is 27.8. The van der Waals surface area contributed by atoms with Gasteiger partial charge in [0.1, 0.15) is 12.2 Å². The Kier molecular flexibility index (Phi) is 7.09. The topological polar surface area (TPSA) is 69.0 Å². The van der Waals surface area contributed by atoms with Gasteiger partial charge in [-0.25, -0.2) is 0 Å². The molecule has 0 saturated carbocycles. The first-order valence-electron chi connectivity index (χ1n) is 12.6. The van der Waals surface area contributed by atoms with Gasteiger partial charge in [-0.2, -0.15) is 0 Å². The SMILES string of the molecule is COc1cc(C2c3c(oc4ccc(Br)cc4c3=O)C(=O)N2Cc2ccccc2Cl)ccc1OCc1ccccc1. The van der Waals surface area contributed by atoms with Gasteiger partial charge in [0.2, 0.25) is 5.76 Å². The van der Waals surface area contributed by atoms with E-state index in [0.29, 0.717) is 39.7 Å². The van der Waals surface area contributed by atoms with Gasteiger partial charge in [-0.15, -0.1) is 0 Å². The number of carbonyl (C=O) groups excluding carboxylic acids is 1. The molecule has 0 saturated heterocycles. The van der Waals surface area contributed by atoms with E-state index in [0.717, 1.165) is 15.6 Å². The number of nitrogens with zero attached hydrogens (tertiary/aromatic N) is 1. The molecule has 1 aromatic heterocycles. The van der Waals surface area contributed by atoms with Crippen LogP contribution in [0.5, 0.6) is 11.5 Å². The minimum absolute atomic E-state index is 0.0280. The summed E-state index contributed by atoms with van der Waals surface area (Å²) < 4.78 is 18.5. The molecule has 8 heteroatoms. The highest BCUT2D eigenvalue weighted by Gasteiger charge is 2.43. The van der Waals surface area contributed by atoms with Crippen LogP contribution in [0.4, 0.5) is 0 Å². The summed E-state index contributed by atoms with van der Waals surface area (Å²) in [4.78, 5) is 29.3. The number of hydrogen-bond donors (Lipinski definition) is 0. The fraction of sp³-hybridized carbons (Fsp3) is 0.125. The molecule has 0 radical (unpaired) electrons. The summed E-state index contributed by atoms with van der Waals surface area (Å²) in [6.45, 7) is 0.547. The maximum atomic E-state index is 13.9. The van der Waals surface area contributed by atoms with Crippen molar-refractivity contribution in [2.75, 3.05) is 7.11 Å². The summed E-state index contributed by atoms with van der Waals surface area (Å²) in [7, 11) is 1.56. The van der Waals surface area contributed by atoms with Crippen LogP contribution in [0, 0.1) is 0 Å². The lowest BCUT2D eigenvalue weighted by atomic mass is 9.97. The lowest BCUT2D eigenvalue weighted by Gasteiger charge is -2.26. The third-order valence-electron chi connectivity index (χ3n) is 6.97. The Bertz CT molecular complexity index is 1800. The second-order valence-electron chi connectivity index (χ2n) is 9.43. The number of carbonyl (C=O) groups is 1. The first-order chi connectivity index (χ1) is 19.4. The van der Waals surface area contributed by atoms with E-state index in [1.54, 1.807) is 48.4 Å². The lowest BCUT2D eigenvalue weighted by Crippen LogP contribution is -2.29. The molecule has 1 unspecified atom stereocenters. The maximum Gasteiger partial charge on any atom is 0.291 e. The van der Waals surface area contributed by atoms with Gasteiger partial charge in [-0.3, -0.25) is 9.59 Å². The number of benzene rings is 4. The number of ether oxygens (including phenoxy) is 2. The van der Waals surface area contributed by atoms with E-state index in [4.69, 9.17) is 25.5 Å². The first-order valence-corrected chi connectivity index (χ1v) is 13.8. The monoisotopic (exact) mass is 615 g/mol. The number of halogens is 2. The van der Waals surface area contributed by atoms with E-state index >= 15 is 0 Å². The molecular formula is C32H23BrClNO5. The van der Waals surface area contributed by atoms with E-state index in [2.05, 4.69) is 15.9 Å². The van der Waals surface area contributed by atoms with Crippen molar-refractivity contribution in [3.8, 4) is 11.5 Å². The molecule has 0 bridgehead atoms. The summed E-state index contributed by atoms with van der Waals surface area (Å²) in [6, 6.07) is 27.0. The number of rotatable bonds is 7. The number of hydrogen-bond acceptors (Lipinski definition) is 5. The highest BCUT2D eigenvalue weighted by atomic mass is 79.9. The average Bonchev–Trinajstić information content (AvgIpc) is 3.25. The Labute approximate surface area is 243 Å². The van der Waals surface area contributed by atoms with Crippen LogP contribution in [0.25, 0.3) is 11.0 Å². The Balaban J connectivity index is 1.46. The van der Waals surface area contributed by atoms with Crippen LogP contribution in [-0.4, -0.2) is 17.9 Å². The minimum atomic E-state index is -0.726. The van der Waals surface area contributed by atoms with Crippen molar-refractivity contribution >= 4 is 44.4 Å². The molecule has 1 amide bonds. The zero-order valence-electron chi connectivity index (χ0n) is 21.4. The molecular weight excluding hydrogens is 594 g/mol. The van der Waals surface area contributed by atoms with Gasteiger partial charge in [0.15, 0.2) is 16.9 Å². The maximum absolute atomic E-state index is 13.9. The van der Waals surface area contributed by atoms with Crippen LogP contribution in [0.1, 0.15) is 38.9 Å². The Morgan fingerprint density at radius 2 is 1.70 bits per heavy atom. The van der Waals surface area contributed by atoms with Gasteiger partial charge < -0.3 is 18.8 Å². The second kappa shape index (κ2) is 10.8. The summed E-state index contributed by atoms with van der Waals surface area (Å²) >= 11 is 9.92. The smallest absolute Gasteiger partial charge is 0.291 e. The van der Waals surface area contributed by atoms with E-state index in [1.807, 2.05) is 54.6 Å². The van der Waals surface area contributed by atoms with Crippen LogP contribution >= 0.6 is 27.5 Å². The molecule has 0 fully saturated rings. The van der Waals surface area contributed by atoms with E-state index in [-0.39, 0.29) is 29.2 Å². The van der Waals surface area contributed by atoms with Crippen molar-refractivity contribution in [3.63, 3.8) is 0 Å². The third kappa shape index (κ3) is 4.76. The normalized spacial score (nSPS) is 14.4. The van der Waals surface area contributed by atoms with Crippen LogP contribution in [0.2, 0.25) is 5.02 Å². The Hall–Kier alpha value is -4.07. The van der Waals surface area contributed by atoms with Crippen molar-refractivity contribution in [2.24, 2.45) is 0 Å². The fourth-order valence-electron chi connectivity index (χ4n) is 5.02. The van der Waals surface area contributed by atoms with E-state index in [9.17, 15) is 9.59 Å². The Morgan fingerprint density at radius 1 is 0.925 bits per heavy atom. The molecule has 5 aromatic rings. The fourth-order valence-corrected chi connectivity index (χ4v) is 5.58. The number of fused-ring (bicyclic) bond motifs is 2. The summed E-state index contributed by atoms with van der Waals surface area (Å²) in [5.74, 6) is 0.678. The number of amides is 1. The molecule has 40 heavy (non-hydrogen) atoms. The van der Waals surface area contributed by atoms with Crippen molar-refractivity contribution < 1.29 is 18.7 Å². The van der Waals surface area contributed by atoms with Gasteiger partial charge >= 0.3 is 0 Å². The quantitative estimate of drug-likeness (QED) is 0.189. The van der Waals surface area contributed by atoms with Crippen LogP contribution < -0.4 is 14.9 Å². The van der Waals surface area contributed by atoms with Gasteiger partial charge in [0.25, 0.3) is 5.91 Å². The molecule has 1 aliphatic rings. The summed E-state index contributed by atoms with van der Waals surface area (Å²) in [5, 5.41) is 0.918. The molecule has 2 heterocycles. The summed E-state index contributed by atoms with van der Waals surface area (Å²) in [6.07, 6.45) is 0. The molecule has 4 aromatic carbocycles. The molecule has 0 N–H and O–H groups in total. The predicted octanol–water partition coefficient (Wildman–Crippen LogP) is 7.54. The van der Waals surface area contributed by atoms with E-state index < -0.39 is 6.04 Å². The van der Waals surface area contributed by atoms with Crippen molar-refractivity contribution in [1.82, 2.24) is 4.90 Å². The highest BCUT2D eigenvalue weighted by molar-refractivity contribution is 9.10. The predicted molar refractivity (Wildman–Crippen MR) is 157 cm³/mol. The minimum Gasteiger partial charge on any atom is -0.493 e. The largest absolute Gasteiger partial charge is 0.493 e. The first kappa shape index (κ1) is 26.2. The van der Waals surface area contributed by atoms with Crippen molar-refractivity contribution in [3.05, 3.63) is 139 Å². The van der Waals surface area contributed by atoms with Crippen molar-refractivity contribution in [1.29, 1.82) is 0 Å². The van der Waals surface area contributed by atoms with Crippen LogP contribution in [0.15, 0.2) is 105 Å². The molecule has 1 atom stereocenters. The lowest BCUT2D eigenvalue weighted by molar-refractivity contribution is 0.0714. The zero-order valence-corrected chi connectivity index (χ0v) is 23.7. The highest BCUT2D eigenvalue weighted by Crippen LogP contribution is 2.42. The molecule has 200 valence electrons.